The maximum absolute atomic E-state index is 12.7. The molecule has 3 aromatic rings. The van der Waals surface area contributed by atoms with Crippen molar-refractivity contribution in [1.29, 1.82) is 0 Å². The van der Waals surface area contributed by atoms with Crippen LogP contribution in [-0.4, -0.2) is 78.8 Å². The van der Waals surface area contributed by atoms with Gasteiger partial charge in [-0.05, 0) is 69.5 Å². The minimum Gasteiger partial charge on any atom is -0.461 e. The second kappa shape index (κ2) is 12.7. The van der Waals surface area contributed by atoms with Gasteiger partial charge in [-0.25, -0.2) is 9.59 Å². The van der Waals surface area contributed by atoms with E-state index in [0.29, 0.717) is 24.3 Å². The van der Waals surface area contributed by atoms with Crippen molar-refractivity contribution in [3.8, 4) is 0 Å². The van der Waals surface area contributed by atoms with E-state index < -0.39 is 0 Å². The summed E-state index contributed by atoms with van der Waals surface area (Å²) in [7, 11) is 0. The quantitative estimate of drug-likeness (QED) is 0.327. The molecule has 0 radical (unpaired) electrons. The van der Waals surface area contributed by atoms with E-state index in [-0.39, 0.29) is 11.9 Å². The van der Waals surface area contributed by atoms with Crippen molar-refractivity contribution >= 4 is 33.7 Å². The number of carbonyl (C=O) groups is 2. The second-order valence-electron chi connectivity index (χ2n) is 8.53. The Labute approximate surface area is 208 Å². The number of carbonyl (C=O) groups excluding carboxylic acids is 2. The smallest absolute Gasteiger partial charge is 0.338 e. The molecule has 0 aliphatic heterocycles. The van der Waals surface area contributed by atoms with E-state index in [2.05, 4.69) is 49.0 Å². The first-order valence-corrected chi connectivity index (χ1v) is 12.8. The number of ether oxygens (including phenoxy) is 2. The number of benzene rings is 2. The summed E-state index contributed by atoms with van der Waals surface area (Å²) in [6.45, 7) is 17.1. The molecule has 35 heavy (non-hydrogen) atoms. The second-order valence-corrected chi connectivity index (χ2v) is 8.53. The Hall–Kier alpha value is -2.90. The van der Waals surface area contributed by atoms with Crippen LogP contribution in [0.5, 0.6) is 0 Å². The van der Waals surface area contributed by atoms with E-state index in [1.54, 1.807) is 0 Å². The minimum absolute atomic E-state index is 0.330. The number of aromatic nitrogens is 1. The summed E-state index contributed by atoms with van der Waals surface area (Å²) in [6, 6.07) is 11.3. The predicted molar refractivity (Wildman–Crippen MR) is 141 cm³/mol. The van der Waals surface area contributed by atoms with Crippen molar-refractivity contribution in [2.24, 2.45) is 0 Å². The third-order valence-electron chi connectivity index (χ3n) is 6.72. The fourth-order valence-electron chi connectivity index (χ4n) is 4.48. The lowest BCUT2D eigenvalue weighted by atomic mass is 10.1. The maximum Gasteiger partial charge on any atom is 0.338 e. The van der Waals surface area contributed by atoms with Gasteiger partial charge >= 0.3 is 11.9 Å². The average molecular weight is 482 g/mol. The SMILES string of the molecule is CCN(CC)CCOC(=O)c1ccc2c(c1)c1cc(C(=O)OCCN(CC)CC)ccc1n2CC. The largest absolute Gasteiger partial charge is 0.461 e. The molecule has 0 N–H and O–H groups in total. The molecule has 0 aliphatic rings. The molecular formula is C28H39N3O4. The monoisotopic (exact) mass is 481 g/mol. The van der Waals surface area contributed by atoms with Gasteiger partial charge in [0.05, 0.1) is 11.1 Å². The van der Waals surface area contributed by atoms with Crippen LogP contribution >= 0.6 is 0 Å². The fourth-order valence-corrected chi connectivity index (χ4v) is 4.48. The molecule has 0 bridgehead atoms. The number of hydrogen-bond donors (Lipinski definition) is 0. The van der Waals surface area contributed by atoms with Gasteiger partial charge in [0.15, 0.2) is 0 Å². The summed E-state index contributed by atoms with van der Waals surface area (Å²) in [5.74, 6) is -0.660. The molecule has 0 fully saturated rings. The molecule has 7 nitrogen and oxygen atoms in total. The third kappa shape index (κ3) is 6.21. The third-order valence-corrected chi connectivity index (χ3v) is 6.72. The molecule has 1 aromatic heterocycles. The van der Waals surface area contributed by atoms with Crippen LogP contribution in [0, 0.1) is 0 Å². The Morgan fingerprint density at radius 1 is 0.686 bits per heavy atom. The molecule has 3 rings (SSSR count). The normalized spacial score (nSPS) is 11.6. The number of aryl methyl sites for hydroxylation is 1. The predicted octanol–water partition coefficient (Wildman–Crippen LogP) is 4.81. The van der Waals surface area contributed by atoms with Crippen LogP contribution in [-0.2, 0) is 16.0 Å². The van der Waals surface area contributed by atoms with Crippen LogP contribution in [0.1, 0.15) is 55.3 Å². The number of hydrogen-bond acceptors (Lipinski definition) is 6. The summed E-state index contributed by atoms with van der Waals surface area (Å²) in [4.78, 5) is 29.9. The van der Waals surface area contributed by atoms with E-state index in [0.717, 1.165) is 67.6 Å². The summed E-state index contributed by atoms with van der Waals surface area (Å²) >= 11 is 0. The van der Waals surface area contributed by atoms with Crippen molar-refractivity contribution in [3.05, 3.63) is 47.5 Å². The summed E-state index contributed by atoms with van der Waals surface area (Å²) in [5, 5.41) is 1.86. The fraction of sp³-hybridized carbons (Fsp3) is 0.500. The van der Waals surface area contributed by atoms with Crippen LogP contribution in [0.15, 0.2) is 36.4 Å². The van der Waals surface area contributed by atoms with Crippen molar-refractivity contribution in [2.45, 2.75) is 41.2 Å². The topological polar surface area (TPSA) is 64.0 Å². The summed E-state index contributed by atoms with van der Waals surface area (Å²) < 4.78 is 13.3. The van der Waals surface area contributed by atoms with Gasteiger partial charge in [0.2, 0.25) is 0 Å². The Morgan fingerprint density at radius 2 is 1.09 bits per heavy atom. The van der Waals surface area contributed by atoms with Crippen molar-refractivity contribution in [3.63, 3.8) is 0 Å². The first-order valence-electron chi connectivity index (χ1n) is 12.8. The first-order chi connectivity index (χ1) is 17.0. The Kier molecular flexibility index (Phi) is 9.69. The van der Waals surface area contributed by atoms with Crippen LogP contribution in [0.2, 0.25) is 0 Å². The van der Waals surface area contributed by atoms with E-state index in [1.165, 1.54) is 0 Å². The van der Waals surface area contributed by atoms with Gasteiger partial charge in [-0.15, -0.1) is 0 Å². The molecule has 0 unspecified atom stereocenters. The highest BCUT2D eigenvalue weighted by Gasteiger charge is 2.17. The van der Waals surface area contributed by atoms with Crippen LogP contribution in [0.25, 0.3) is 21.8 Å². The van der Waals surface area contributed by atoms with Gasteiger partial charge in [0, 0.05) is 41.4 Å². The highest BCUT2D eigenvalue weighted by molar-refractivity contribution is 6.12. The number of rotatable bonds is 13. The van der Waals surface area contributed by atoms with Crippen LogP contribution in [0.4, 0.5) is 0 Å². The van der Waals surface area contributed by atoms with E-state index >= 15 is 0 Å². The van der Waals surface area contributed by atoms with Gasteiger partial charge in [-0.3, -0.25) is 0 Å². The molecule has 0 aliphatic carbocycles. The first kappa shape index (κ1) is 26.7. The van der Waals surface area contributed by atoms with Crippen molar-refractivity contribution in [2.75, 3.05) is 52.5 Å². The average Bonchev–Trinajstić information content (AvgIpc) is 3.21. The summed E-state index contributed by atoms with van der Waals surface area (Å²) in [5.41, 5.74) is 3.07. The van der Waals surface area contributed by atoms with Crippen LogP contribution in [0.3, 0.4) is 0 Å². The molecule has 0 saturated heterocycles. The van der Waals surface area contributed by atoms with E-state index in [4.69, 9.17) is 9.47 Å². The molecule has 190 valence electrons. The lowest BCUT2D eigenvalue weighted by Gasteiger charge is -2.17. The van der Waals surface area contributed by atoms with Crippen molar-refractivity contribution < 1.29 is 19.1 Å². The zero-order valence-electron chi connectivity index (χ0n) is 21.8. The lowest BCUT2D eigenvalue weighted by molar-refractivity contribution is 0.0458. The van der Waals surface area contributed by atoms with Gasteiger partial charge < -0.3 is 23.8 Å². The van der Waals surface area contributed by atoms with Gasteiger partial charge in [0.25, 0.3) is 0 Å². The zero-order valence-corrected chi connectivity index (χ0v) is 21.8. The lowest BCUT2D eigenvalue weighted by Crippen LogP contribution is -2.27. The van der Waals surface area contributed by atoms with Crippen LogP contribution < -0.4 is 0 Å². The standard InChI is InChI=1S/C28H39N3O4/c1-6-29(7-2)15-17-34-27(32)21-11-13-25-23(19-21)24-20-22(12-14-26(24)31(25)10-5)28(33)35-18-16-30(8-3)9-4/h11-14,19-20H,6-10,15-18H2,1-5H3. The Balaban J connectivity index is 1.84. The van der Waals surface area contributed by atoms with Gasteiger partial charge in [0.1, 0.15) is 13.2 Å². The number of likely N-dealkylation sites (N-methyl/N-ethyl adjacent to an activating group) is 2. The van der Waals surface area contributed by atoms with Crippen molar-refractivity contribution in [1.82, 2.24) is 14.4 Å². The molecular weight excluding hydrogens is 442 g/mol. The van der Waals surface area contributed by atoms with Gasteiger partial charge in [-0.2, -0.15) is 0 Å². The zero-order chi connectivity index (χ0) is 25.4. The Bertz CT molecular complexity index is 1060. The van der Waals surface area contributed by atoms with E-state index in [9.17, 15) is 9.59 Å². The number of esters is 2. The minimum atomic E-state index is -0.330. The molecule has 0 saturated carbocycles. The molecule has 7 heteroatoms. The molecule has 1 heterocycles. The molecule has 2 aromatic carbocycles. The molecule has 0 amide bonds. The number of nitrogens with zero attached hydrogens (tertiary/aromatic N) is 3. The Morgan fingerprint density at radius 3 is 1.43 bits per heavy atom. The van der Waals surface area contributed by atoms with E-state index in [1.807, 2.05) is 36.4 Å². The highest BCUT2D eigenvalue weighted by atomic mass is 16.5. The van der Waals surface area contributed by atoms with Gasteiger partial charge in [-0.1, -0.05) is 27.7 Å². The highest BCUT2D eigenvalue weighted by Crippen LogP contribution is 2.31. The molecule has 0 spiro atoms. The molecule has 0 atom stereocenters. The number of fused-ring (bicyclic) bond motifs is 3. The summed E-state index contributed by atoms with van der Waals surface area (Å²) in [6.07, 6.45) is 0. The maximum atomic E-state index is 12.7.